The Hall–Kier alpha value is -2.42. The summed E-state index contributed by atoms with van der Waals surface area (Å²) in [6.07, 6.45) is 4.04. The molecule has 2 aromatic carbocycles. The predicted molar refractivity (Wildman–Crippen MR) is 80.7 cm³/mol. The molecule has 0 bridgehead atoms. The van der Waals surface area contributed by atoms with Gasteiger partial charge in [-0.25, -0.2) is 4.98 Å². The summed E-state index contributed by atoms with van der Waals surface area (Å²) in [6.45, 7) is 0. The highest BCUT2D eigenvalue weighted by atomic mass is 15.0. The molecule has 0 fully saturated rings. The van der Waals surface area contributed by atoms with Crippen molar-refractivity contribution in [3.63, 3.8) is 0 Å². The first-order chi connectivity index (χ1) is 9.90. The molecule has 0 saturated carbocycles. The molecule has 1 atom stereocenters. The van der Waals surface area contributed by atoms with Crippen LogP contribution in [0.1, 0.15) is 23.7 Å². The smallest absolute Gasteiger partial charge is 0.0891 e. The number of para-hydroxylation sites is 3. The molecule has 2 heterocycles. The maximum absolute atomic E-state index is 4.75. The molecule has 1 N–H and O–H groups in total. The van der Waals surface area contributed by atoms with Gasteiger partial charge in [0.1, 0.15) is 0 Å². The summed E-state index contributed by atoms with van der Waals surface area (Å²) >= 11 is 0. The first-order valence-corrected chi connectivity index (χ1v) is 6.96. The van der Waals surface area contributed by atoms with Gasteiger partial charge in [0.2, 0.25) is 0 Å². The van der Waals surface area contributed by atoms with Gasteiger partial charge < -0.3 is 5.32 Å². The lowest BCUT2D eigenvalue weighted by Crippen LogP contribution is -2.19. The quantitative estimate of drug-likeness (QED) is 0.725. The lowest BCUT2D eigenvalue weighted by atomic mass is 9.96. The van der Waals surface area contributed by atoms with Crippen molar-refractivity contribution in [2.75, 3.05) is 5.32 Å². The number of anilines is 1. The zero-order valence-corrected chi connectivity index (χ0v) is 11.1. The van der Waals surface area contributed by atoms with Crippen LogP contribution < -0.4 is 5.32 Å². The van der Waals surface area contributed by atoms with E-state index in [9.17, 15) is 0 Å². The van der Waals surface area contributed by atoms with E-state index in [1.807, 2.05) is 30.5 Å². The monoisotopic (exact) mass is 261 g/mol. The van der Waals surface area contributed by atoms with Crippen molar-refractivity contribution in [2.45, 2.75) is 18.9 Å². The van der Waals surface area contributed by atoms with Crippen molar-refractivity contribution >= 4 is 16.7 Å². The molecule has 3 nitrogen and oxygen atoms in total. The van der Waals surface area contributed by atoms with Crippen LogP contribution in [0.25, 0.3) is 11.0 Å². The number of nitrogens with one attached hydrogen (secondary N) is 1. The second kappa shape index (κ2) is 4.60. The number of aromatic nitrogens is 2. The number of rotatable bonds is 1. The van der Waals surface area contributed by atoms with Crippen molar-refractivity contribution < 1.29 is 0 Å². The molecule has 0 spiro atoms. The van der Waals surface area contributed by atoms with Gasteiger partial charge in [0.25, 0.3) is 0 Å². The Kier molecular flexibility index (Phi) is 2.62. The second-order valence-corrected chi connectivity index (χ2v) is 5.18. The van der Waals surface area contributed by atoms with Crippen LogP contribution in [0, 0.1) is 0 Å². The molecule has 20 heavy (non-hydrogen) atoms. The second-order valence-electron chi connectivity index (χ2n) is 5.18. The highest BCUT2D eigenvalue weighted by molar-refractivity contribution is 5.73. The molecule has 3 aromatic rings. The van der Waals surface area contributed by atoms with Crippen LogP contribution in [0.3, 0.4) is 0 Å². The standard InChI is InChI=1S/C17H15N3/c1-2-6-13-12(5-1)9-10-16(19-13)17-11-18-14-7-3-4-8-15(14)20-17/h1-8,11,16,19H,9-10H2. The van der Waals surface area contributed by atoms with Crippen molar-refractivity contribution in [3.05, 3.63) is 66.0 Å². The predicted octanol–water partition coefficient (Wildman–Crippen LogP) is 3.73. The van der Waals surface area contributed by atoms with Crippen molar-refractivity contribution in [2.24, 2.45) is 0 Å². The van der Waals surface area contributed by atoms with E-state index in [1.165, 1.54) is 11.3 Å². The molecule has 0 radical (unpaired) electrons. The minimum Gasteiger partial charge on any atom is -0.376 e. The molecule has 1 unspecified atom stereocenters. The molecule has 4 rings (SSSR count). The number of hydrogen-bond donors (Lipinski definition) is 1. The van der Waals surface area contributed by atoms with E-state index in [1.54, 1.807) is 0 Å². The Morgan fingerprint density at radius 2 is 1.75 bits per heavy atom. The summed E-state index contributed by atoms with van der Waals surface area (Å²) in [7, 11) is 0. The molecule has 0 aliphatic carbocycles. The number of nitrogens with zero attached hydrogens (tertiary/aromatic N) is 2. The van der Waals surface area contributed by atoms with E-state index in [0.29, 0.717) is 0 Å². The number of fused-ring (bicyclic) bond motifs is 2. The summed E-state index contributed by atoms with van der Waals surface area (Å²) in [5, 5.41) is 3.58. The molecule has 98 valence electrons. The SMILES string of the molecule is c1ccc2c(c1)CCC(c1cnc3ccccc3n1)N2. The highest BCUT2D eigenvalue weighted by Crippen LogP contribution is 2.31. The van der Waals surface area contributed by atoms with Crippen LogP contribution >= 0.6 is 0 Å². The highest BCUT2D eigenvalue weighted by Gasteiger charge is 2.20. The zero-order valence-electron chi connectivity index (χ0n) is 11.1. The Balaban J connectivity index is 1.70. The summed E-state index contributed by atoms with van der Waals surface area (Å²) in [6, 6.07) is 16.7. The van der Waals surface area contributed by atoms with Crippen LogP contribution in [0.2, 0.25) is 0 Å². The van der Waals surface area contributed by atoms with Gasteiger partial charge in [-0.15, -0.1) is 0 Å². The third kappa shape index (κ3) is 1.92. The van der Waals surface area contributed by atoms with E-state index in [0.717, 1.165) is 29.6 Å². The van der Waals surface area contributed by atoms with Crippen molar-refractivity contribution in [1.82, 2.24) is 9.97 Å². The molecule has 1 aromatic heterocycles. The fourth-order valence-corrected chi connectivity index (χ4v) is 2.80. The number of aryl methyl sites for hydroxylation is 1. The summed E-state index contributed by atoms with van der Waals surface area (Å²) in [4.78, 5) is 9.26. The number of hydrogen-bond acceptors (Lipinski definition) is 3. The lowest BCUT2D eigenvalue weighted by molar-refractivity contribution is 0.650. The molecule has 0 amide bonds. The maximum Gasteiger partial charge on any atom is 0.0891 e. The number of benzene rings is 2. The topological polar surface area (TPSA) is 37.8 Å². The third-order valence-corrected chi connectivity index (χ3v) is 3.87. The molecular formula is C17H15N3. The minimum atomic E-state index is 0.252. The summed E-state index contributed by atoms with van der Waals surface area (Å²) in [5.74, 6) is 0. The molecule has 1 aliphatic rings. The van der Waals surface area contributed by atoms with E-state index >= 15 is 0 Å². The largest absolute Gasteiger partial charge is 0.376 e. The van der Waals surface area contributed by atoms with Crippen LogP contribution in [0.5, 0.6) is 0 Å². The molecular weight excluding hydrogens is 246 g/mol. The van der Waals surface area contributed by atoms with Crippen LogP contribution in [0.15, 0.2) is 54.7 Å². The van der Waals surface area contributed by atoms with E-state index in [4.69, 9.17) is 4.98 Å². The molecule has 3 heteroatoms. The average Bonchev–Trinajstić information content (AvgIpc) is 2.54. The van der Waals surface area contributed by atoms with Gasteiger partial charge in [-0.3, -0.25) is 4.98 Å². The van der Waals surface area contributed by atoms with Gasteiger partial charge in [0.05, 0.1) is 29.0 Å². The Labute approximate surface area is 117 Å². The zero-order chi connectivity index (χ0) is 13.4. The maximum atomic E-state index is 4.75. The van der Waals surface area contributed by atoms with Crippen LogP contribution in [0.4, 0.5) is 5.69 Å². The first-order valence-electron chi connectivity index (χ1n) is 6.96. The lowest BCUT2D eigenvalue weighted by Gasteiger charge is -2.26. The van der Waals surface area contributed by atoms with Crippen molar-refractivity contribution in [1.29, 1.82) is 0 Å². The van der Waals surface area contributed by atoms with E-state index < -0.39 is 0 Å². The van der Waals surface area contributed by atoms with Crippen LogP contribution in [-0.4, -0.2) is 9.97 Å². The normalized spacial score (nSPS) is 17.5. The summed E-state index contributed by atoms with van der Waals surface area (Å²) < 4.78 is 0. The van der Waals surface area contributed by atoms with Crippen LogP contribution in [-0.2, 0) is 6.42 Å². The Morgan fingerprint density at radius 1 is 0.950 bits per heavy atom. The molecule has 0 saturated heterocycles. The molecule has 1 aliphatic heterocycles. The van der Waals surface area contributed by atoms with Gasteiger partial charge in [-0.2, -0.15) is 0 Å². The Morgan fingerprint density at radius 3 is 2.70 bits per heavy atom. The van der Waals surface area contributed by atoms with E-state index in [-0.39, 0.29) is 6.04 Å². The van der Waals surface area contributed by atoms with Gasteiger partial charge in [0, 0.05) is 5.69 Å². The van der Waals surface area contributed by atoms with Gasteiger partial charge >= 0.3 is 0 Å². The Bertz CT molecular complexity index is 767. The fraction of sp³-hybridized carbons (Fsp3) is 0.176. The minimum absolute atomic E-state index is 0.252. The van der Waals surface area contributed by atoms with Gasteiger partial charge in [0.15, 0.2) is 0 Å². The third-order valence-electron chi connectivity index (χ3n) is 3.87. The van der Waals surface area contributed by atoms with E-state index in [2.05, 4.69) is 34.6 Å². The van der Waals surface area contributed by atoms with Gasteiger partial charge in [-0.1, -0.05) is 30.3 Å². The van der Waals surface area contributed by atoms with Crippen molar-refractivity contribution in [3.8, 4) is 0 Å². The average molecular weight is 261 g/mol. The van der Waals surface area contributed by atoms with Gasteiger partial charge in [-0.05, 0) is 36.6 Å². The first kappa shape index (κ1) is 11.4. The fourth-order valence-electron chi connectivity index (χ4n) is 2.80. The summed E-state index contributed by atoms with van der Waals surface area (Å²) in [5.41, 5.74) is 5.55.